The highest BCUT2D eigenvalue weighted by molar-refractivity contribution is 5.66. The molecule has 0 bridgehead atoms. The van der Waals surface area contributed by atoms with Gasteiger partial charge in [0.2, 0.25) is 0 Å². The predicted octanol–water partition coefficient (Wildman–Crippen LogP) is 2.89. The molecule has 0 N–H and O–H groups in total. The van der Waals surface area contributed by atoms with E-state index >= 15 is 0 Å². The van der Waals surface area contributed by atoms with Gasteiger partial charge in [0.05, 0.1) is 0 Å². The van der Waals surface area contributed by atoms with Gasteiger partial charge in [0, 0.05) is 18.8 Å². The smallest absolute Gasteiger partial charge is 0.302 e. The minimum atomic E-state index is -0.193. The molecule has 1 saturated carbocycles. The quantitative estimate of drug-likeness (QED) is 0.439. The van der Waals surface area contributed by atoms with Crippen LogP contribution in [-0.4, -0.2) is 18.4 Å². The molecule has 0 aromatic carbocycles. The largest absolute Gasteiger partial charge is 0.462 e. The van der Waals surface area contributed by atoms with Gasteiger partial charge < -0.3 is 9.53 Å². The van der Waals surface area contributed by atoms with Crippen molar-refractivity contribution in [2.75, 3.05) is 0 Å². The average molecular weight is 250 g/mol. The van der Waals surface area contributed by atoms with Crippen molar-refractivity contribution in [3.63, 3.8) is 0 Å². The molecule has 0 spiro atoms. The molecule has 2 aliphatic carbocycles. The van der Waals surface area contributed by atoms with Crippen molar-refractivity contribution in [1.29, 1.82) is 0 Å². The van der Waals surface area contributed by atoms with Gasteiger partial charge in [-0.05, 0) is 31.1 Å². The van der Waals surface area contributed by atoms with Crippen LogP contribution in [0.1, 0.15) is 46.5 Å². The van der Waals surface area contributed by atoms with Gasteiger partial charge in [-0.15, -0.1) is 0 Å². The van der Waals surface area contributed by atoms with E-state index < -0.39 is 0 Å². The molecular formula is C15H22O3. The molecule has 0 amide bonds. The van der Waals surface area contributed by atoms with E-state index in [1.165, 1.54) is 12.5 Å². The third-order valence-corrected chi connectivity index (χ3v) is 4.72. The van der Waals surface area contributed by atoms with E-state index in [0.29, 0.717) is 5.92 Å². The zero-order valence-electron chi connectivity index (χ0n) is 11.4. The first kappa shape index (κ1) is 13.3. The topological polar surface area (TPSA) is 43.4 Å². The summed E-state index contributed by atoms with van der Waals surface area (Å²) in [4.78, 5) is 22.2. The third kappa shape index (κ3) is 2.11. The van der Waals surface area contributed by atoms with Crippen LogP contribution in [0.25, 0.3) is 0 Å². The maximum absolute atomic E-state index is 11.2. The van der Waals surface area contributed by atoms with Gasteiger partial charge in [0.1, 0.15) is 12.4 Å². The molecule has 0 saturated heterocycles. The Morgan fingerprint density at radius 2 is 2.33 bits per heavy atom. The second-order valence-electron chi connectivity index (χ2n) is 5.88. The Balaban J connectivity index is 2.20. The zero-order chi connectivity index (χ0) is 13.3. The number of ether oxygens (including phenoxy) is 1. The van der Waals surface area contributed by atoms with Crippen molar-refractivity contribution >= 4 is 12.3 Å². The van der Waals surface area contributed by atoms with E-state index in [0.717, 1.165) is 32.0 Å². The number of hydrogen-bond acceptors (Lipinski definition) is 3. The number of allylic oxidation sites excluding steroid dienone is 2. The molecule has 3 heteroatoms. The predicted molar refractivity (Wildman–Crippen MR) is 68.9 cm³/mol. The van der Waals surface area contributed by atoms with E-state index in [-0.39, 0.29) is 23.4 Å². The van der Waals surface area contributed by atoms with Crippen molar-refractivity contribution in [3.8, 4) is 0 Å². The van der Waals surface area contributed by atoms with Crippen LogP contribution >= 0.6 is 0 Å². The lowest BCUT2D eigenvalue weighted by molar-refractivity contribution is -0.153. The second kappa shape index (κ2) is 4.87. The molecule has 18 heavy (non-hydrogen) atoms. The van der Waals surface area contributed by atoms with Gasteiger partial charge in [-0.3, -0.25) is 4.79 Å². The lowest BCUT2D eigenvalue weighted by Gasteiger charge is -2.44. The van der Waals surface area contributed by atoms with Crippen molar-refractivity contribution in [3.05, 3.63) is 11.6 Å². The number of rotatable bonds is 3. The summed E-state index contributed by atoms with van der Waals surface area (Å²) in [5.74, 6) is 0.143. The van der Waals surface area contributed by atoms with E-state index in [2.05, 4.69) is 13.0 Å². The fraction of sp³-hybridized carbons (Fsp3) is 0.733. The van der Waals surface area contributed by atoms with Gasteiger partial charge in [0.25, 0.3) is 0 Å². The van der Waals surface area contributed by atoms with Gasteiger partial charge in [-0.2, -0.15) is 0 Å². The summed E-state index contributed by atoms with van der Waals surface area (Å²) in [5, 5.41) is 0. The summed E-state index contributed by atoms with van der Waals surface area (Å²) in [6.45, 7) is 5.66. The highest BCUT2D eigenvalue weighted by atomic mass is 16.5. The minimum absolute atomic E-state index is 0.0175. The number of hydrogen-bond donors (Lipinski definition) is 0. The molecular weight excluding hydrogens is 228 g/mol. The maximum atomic E-state index is 11.2. The summed E-state index contributed by atoms with van der Waals surface area (Å²) in [7, 11) is 0. The minimum Gasteiger partial charge on any atom is -0.462 e. The number of aldehydes is 1. The Morgan fingerprint density at radius 3 is 2.94 bits per heavy atom. The summed E-state index contributed by atoms with van der Waals surface area (Å²) < 4.78 is 5.47. The second-order valence-corrected chi connectivity index (χ2v) is 5.88. The van der Waals surface area contributed by atoms with Crippen LogP contribution in [0, 0.1) is 17.3 Å². The molecule has 100 valence electrons. The van der Waals surface area contributed by atoms with Gasteiger partial charge in [-0.1, -0.05) is 25.5 Å². The van der Waals surface area contributed by atoms with Gasteiger partial charge >= 0.3 is 5.97 Å². The van der Waals surface area contributed by atoms with Crippen LogP contribution in [0.15, 0.2) is 11.6 Å². The molecule has 4 atom stereocenters. The Hall–Kier alpha value is -1.12. The van der Waals surface area contributed by atoms with Crippen molar-refractivity contribution < 1.29 is 14.3 Å². The zero-order valence-corrected chi connectivity index (χ0v) is 11.4. The summed E-state index contributed by atoms with van der Waals surface area (Å²) in [6, 6.07) is 0. The standard InChI is InChI=1S/C15H22O3/c1-10(9-16)12-6-7-13-14(18-11(2)17)5-4-8-15(12,13)3/h6,9-10,13-14H,4-5,7-8H2,1-3H3/t10-,13+,14+,15-/m1/s1. The number of esters is 1. The Morgan fingerprint density at radius 1 is 1.61 bits per heavy atom. The fourth-order valence-corrected chi connectivity index (χ4v) is 3.86. The van der Waals surface area contributed by atoms with E-state index in [1.54, 1.807) is 0 Å². The number of carbonyl (C=O) groups is 2. The Kier molecular flexibility index (Phi) is 3.60. The van der Waals surface area contributed by atoms with Crippen molar-refractivity contribution in [2.45, 2.75) is 52.6 Å². The summed E-state index contributed by atoms with van der Waals surface area (Å²) in [5.41, 5.74) is 1.29. The van der Waals surface area contributed by atoms with Crippen LogP contribution in [0.4, 0.5) is 0 Å². The van der Waals surface area contributed by atoms with E-state index in [9.17, 15) is 9.59 Å². The number of carbonyl (C=O) groups excluding carboxylic acids is 2. The van der Waals surface area contributed by atoms with Gasteiger partial charge in [0.15, 0.2) is 0 Å². The lowest BCUT2D eigenvalue weighted by Crippen LogP contribution is -2.41. The molecule has 3 nitrogen and oxygen atoms in total. The molecule has 0 unspecified atom stereocenters. The molecule has 2 aliphatic rings. The molecule has 0 aromatic rings. The average Bonchev–Trinajstić information content (AvgIpc) is 2.66. The maximum Gasteiger partial charge on any atom is 0.302 e. The third-order valence-electron chi connectivity index (χ3n) is 4.72. The van der Waals surface area contributed by atoms with Crippen LogP contribution in [0.3, 0.4) is 0 Å². The van der Waals surface area contributed by atoms with Crippen LogP contribution in [-0.2, 0) is 14.3 Å². The van der Waals surface area contributed by atoms with E-state index in [1.807, 2.05) is 6.92 Å². The summed E-state index contributed by atoms with van der Waals surface area (Å²) in [6.07, 6.45) is 7.29. The van der Waals surface area contributed by atoms with Crippen molar-refractivity contribution in [1.82, 2.24) is 0 Å². The highest BCUT2D eigenvalue weighted by Gasteiger charge is 2.49. The van der Waals surface area contributed by atoms with Crippen molar-refractivity contribution in [2.24, 2.45) is 17.3 Å². The molecule has 0 heterocycles. The SMILES string of the molecule is CC(=O)O[C@H]1CCC[C@]2(C)C([C@H](C)C=O)=CC[C@@H]12. The monoisotopic (exact) mass is 250 g/mol. The number of fused-ring (bicyclic) bond motifs is 1. The summed E-state index contributed by atoms with van der Waals surface area (Å²) >= 11 is 0. The van der Waals surface area contributed by atoms with Gasteiger partial charge in [-0.25, -0.2) is 0 Å². The van der Waals surface area contributed by atoms with Crippen LogP contribution in [0.2, 0.25) is 0 Å². The first-order chi connectivity index (χ1) is 8.49. The Labute approximate surface area is 109 Å². The molecule has 1 fully saturated rings. The first-order valence-corrected chi connectivity index (χ1v) is 6.82. The fourth-order valence-electron chi connectivity index (χ4n) is 3.86. The normalized spacial score (nSPS) is 36.5. The van der Waals surface area contributed by atoms with Crippen LogP contribution in [0.5, 0.6) is 0 Å². The molecule has 0 radical (unpaired) electrons. The van der Waals surface area contributed by atoms with Crippen LogP contribution < -0.4 is 0 Å². The first-order valence-electron chi connectivity index (χ1n) is 6.82. The molecule has 0 aromatic heterocycles. The highest BCUT2D eigenvalue weighted by Crippen LogP contribution is 2.54. The molecule has 2 rings (SSSR count). The van der Waals surface area contributed by atoms with E-state index in [4.69, 9.17) is 4.74 Å². The lowest BCUT2D eigenvalue weighted by atomic mass is 9.63. The Bertz CT molecular complexity index is 385. The molecule has 0 aliphatic heterocycles.